The maximum atomic E-state index is 12.5. The van der Waals surface area contributed by atoms with E-state index in [-0.39, 0.29) is 23.0 Å². The highest BCUT2D eigenvalue weighted by Gasteiger charge is 2.12. The summed E-state index contributed by atoms with van der Waals surface area (Å²) in [5.74, 6) is 0.312. The van der Waals surface area contributed by atoms with Gasteiger partial charge in [0.25, 0.3) is 5.91 Å². The molecule has 0 aromatic heterocycles. The quantitative estimate of drug-likeness (QED) is 0.292. The van der Waals surface area contributed by atoms with Crippen LogP contribution in [0.5, 0.6) is 5.75 Å². The second-order valence-corrected chi connectivity index (χ2v) is 8.57. The number of hydrogen-bond donors (Lipinski definition) is 3. The lowest BCUT2D eigenvalue weighted by Crippen LogP contribution is -2.34. The number of unbranched alkanes of at least 4 members (excludes halogenated alkanes) is 2. The molecule has 8 heteroatoms. The first-order valence-corrected chi connectivity index (χ1v) is 11.5. The Labute approximate surface area is 197 Å². The van der Waals surface area contributed by atoms with Crippen LogP contribution in [0.4, 0.5) is 11.4 Å². The van der Waals surface area contributed by atoms with Gasteiger partial charge in [0.05, 0.1) is 10.6 Å². The van der Waals surface area contributed by atoms with Crippen molar-refractivity contribution in [1.29, 1.82) is 0 Å². The molecule has 6 nitrogen and oxygen atoms in total. The molecular formula is C23H28BrN3O3S. The lowest BCUT2D eigenvalue weighted by Gasteiger charge is -2.13. The molecule has 2 rings (SSSR count). The van der Waals surface area contributed by atoms with Gasteiger partial charge in [-0.2, -0.15) is 0 Å². The fraction of sp³-hybridized carbons (Fsp3) is 0.348. The molecule has 2 aromatic rings. The monoisotopic (exact) mass is 505 g/mol. The van der Waals surface area contributed by atoms with E-state index in [0.717, 1.165) is 19.3 Å². The number of nitrogens with one attached hydrogen (secondary N) is 3. The SMILES string of the molecule is CCCCCC(=O)Nc1cccc(NC(=S)NC(=O)c2ccc(OC(C)C)c(Br)c2)c1. The molecule has 0 saturated carbocycles. The molecule has 0 bridgehead atoms. The minimum Gasteiger partial charge on any atom is -0.490 e. The zero-order valence-electron chi connectivity index (χ0n) is 18.0. The molecule has 166 valence electrons. The minimum absolute atomic E-state index is 0.0167. The first-order chi connectivity index (χ1) is 14.8. The van der Waals surface area contributed by atoms with Gasteiger partial charge in [0.2, 0.25) is 5.91 Å². The number of benzene rings is 2. The molecule has 0 unspecified atom stereocenters. The van der Waals surface area contributed by atoms with Gasteiger partial charge in [0, 0.05) is 23.4 Å². The van der Waals surface area contributed by atoms with Gasteiger partial charge in [-0.1, -0.05) is 25.8 Å². The molecule has 0 aliphatic rings. The maximum Gasteiger partial charge on any atom is 0.257 e. The van der Waals surface area contributed by atoms with Gasteiger partial charge in [0.1, 0.15) is 5.75 Å². The van der Waals surface area contributed by atoms with E-state index in [2.05, 4.69) is 38.8 Å². The number of hydrogen-bond acceptors (Lipinski definition) is 4. The summed E-state index contributed by atoms with van der Waals surface area (Å²) in [5, 5.41) is 8.67. The van der Waals surface area contributed by atoms with E-state index in [1.807, 2.05) is 19.9 Å². The average molecular weight is 506 g/mol. The Bertz CT molecular complexity index is 934. The number of halogens is 1. The Balaban J connectivity index is 1.93. The van der Waals surface area contributed by atoms with Crippen molar-refractivity contribution in [2.75, 3.05) is 10.6 Å². The van der Waals surface area contributed by atoms with Gasteiger partial charge in [-0.3, -0.25) is 14.9 Å². The van der Waals surface area contributed by atoms with Crippen LogP contribution in [0.2, 0.25) is 0 Å². The standard InChI is InChI=1S/C23H28BrN3O3S/c1-4-5-6-10-21(28)25-17-8-7-9-18(14-17)26-23(31)27-22(29)16-11-12-20(19(24)13-16)30-15(2)3/h7-9,11-15H,4-6,10H2,1-3H3,(H,25,28)(H2,26,27,29,31). The number of thiocarbonyl (C=S) groups is 1. The van der Waals surface area contributed by atoms with Gasteiger partial charge in [-0.05, 0) is 84.8 Å². The molecule has 2 amide bonds. The Kier molecular flexibility index (Phi) is 9.94. The van der Waals surface area contributed by atoms with Crippen LogP contribution in [0.15, 0.2) is 46.9 Å². The second kappa shape index (κ2) is 12.4. The largest absolute Gasteiger partial charge is 0.490 e. The molecule has 0 heterocycles. The van der Waals surface area contributed by atoms with E-state index >= 15 is 0 Å². The molecule has 0 spiro atoms. The zero-order valence-corrected chi connectivity index (χ0v) is 20.4. The first-order valence-electron chi connectivity index (χ1n) is 10.3. The summed E-state index contributed by atoms with van der Waals surface area (Å²) in [6.07, 6.45) is 3.51. The van der Waals surface area contributed by atoms with E-state index in [4.69, 9.17) is 17.0 Å². The topological polar surface area (TPSA) is 79.5 Å². The fourth-order valence-electron chi connectivity index (χ4n) is 2.76. The van der Waals surface area contributed by atoms with Crippen molar-refractivity contribution >= 4 is 56.4 Å². The van der Waals surface area contributed by atoms with Crippen molar-refractivity contribution in [2.45, 2.75) is 52.6 Å². The summed E-state index contributed by atoms with van der Waals surface area (Å²) in [7, 11) is 0. The Morgan fingerprint density at radius 1 is 1.06 bits per heavy atom. The molecule has 0 atom stereocenters. The summed E-state index contributed by atoms with van der Waals surface area (Å²) < 4.78 is 6.35. The van der Waals surface area contributed by atoms with Crippen LogP contribution in [-0.4, -0.2) is 23.0 Å². The lowest BCUT2D eigenvalue weighted by molar-refractivity contribution is -0.116. The summed E-state index contributed by atoms with van der Waals surface area (Å²) in [4.78, 5) is 24.5. The molecule has 31 heavy (non-hydrogen) atoms. The Hall–Kier alpha value is -2.45. The van der Waals surface area contributed by atoms with Crippen LogP contribution in [0.25, 0.3) is 0 Å². The third-order valence-electron chi connectivity index (χ3n) is 4.20. The molecule has 0 saturated heterocycles. The molecule has 0 aliphatic carbocycles. The van der Waals surface area contributed by atoms with Crippen LogP contribution >= 0.6 is 28.1 Å². The van der Waals surface area contributed by atoms with E-state index in [0.29, 0.717) is 33.6 Å². The van der Waals surface area contributed by atoms with Gasteiger partial charge in [0.15, 0.2) is 5.11 Å². The highest BCUT2D eigenvalue weighted by Crippen LogP contribution is 2.27. The van der Waals surface area contributed by atoms with Crippen molar-refractivity contribution in [3.05, 3.63) is 52.5 Å². The number of anilines is 2. The lowest BCUT2D eigenvalue weighted by atomic mass is 10.2. The fourth-order valence-corrected chi connectivity index (χ4v) is 3.45. The van der Waals surface area contributed by atoms with Crippen molar-refractivity contribution in [3.63, 3.8) is 0 Å². The zero-order chi connectivity index (χ0) is 22.8. The van der Waals surface area contributed by atoms with Crippen molar-refractivity contribution < 1.29 is 14.3 Å². The normalized spacial score (nSPS) is 10.5. The van der Waals surface area contributed by atoms with Gasteiger partial charge in [-0.25, -0.2) is 0 Å². The van der Waals surface area contributed by atoms with Crippen molar-refractivity contribution in [3.8, 4) is 5.75 Å². The Morgan fingerprint density at radius 3 is 2.42 bits per heavy atom. The smallest absolute Gasteiger partial charge is 0.257 e. The van der Waals surface area contributed by atoms with E-state index in [9.17, 15) is 9.59 Å². The van der Waals surface area contributed by atoms with Gasteiger partial charge < -0.3 is 15.4 Å². The van der Waals surface area contributed by atoms with Crippen molar-refractivity contribution in [1.82, 2.24) is 5.32 Å². The molecule has 3 N–H and O–H groups in total. The van der Waals surface area contributed by atoms with Crippen LogP contribution in [-0.2, 0) is 4.79 Å². The van der Waals surface area contributed by atoms with Crippen molar-refractivity contribution in [2.24, 2.45) is 0 Å². The number of rotatable bonds is 9. The third kappa shape index (κ3) is 8.67. The van der Waals surface area contributed by atoms with E-state index in [1.165, 1.54) is 0 Å². The molecule has 2 aromatic carbocycles. The molecule has 0 radical (unpaired) electrons. The van der Waals surface area contributed by atoms with Crippen LogP contribution < -0.4 is 20.7 Å². The predicted molar refractivity (Wildman–Crippen MR) is 133 cm³/mol. The average Bonchev–Trinajstić information content (AvgIpc) is 2.69. The number of amides is 2. The molecular weight excluding hydrogens is 478 g/mol. The first kappa shape index (κ1) is 24.8. The van der Waals surface area contributed by atoms with E-state index in [1.54, 1.807) is 36.4 Å². The summed E-state index contributed by atoms with van der Waals surface area (Å²) in [6.45, 7) is 5.97. The predicted octanol–water partition coefficient (Wildman–Crippen LogP) is 5.88. The van der Waals surface area contributed by atoms with E-state index < -0.39 is 0 Å². The molecule has 0 aliphatic heterocycles. The second-order valence-electron chi connectivity index (χ2n) is 7.31. The Morgan fingerprint density at radius 2 is 1.77 bits per heavy atom. The van der Waals surface area contributed by atoms with Crippen LogP contribution in [0, 0.1) is 0 Å². The number of ether oxygens (including phenoxy) is 1. The highest BCUT2D eigenvalue weighted by atomic mass is 79.9. The maximum absolute atomic E-state index is 12.5. The highest BCUT2D eigenvalue weighted by molar-refractivity contribution is 9.10. The summed E-state index contributed by atoms with van der Waals surface area (Å²) in [5.41, 5.74) is 1.78. The van der Waals surface area contributed by atoms with Crippen LogP contribution in [0.3, 0.4) is 0 Å². The van der Waals surface area contributed by atoms with Gasteiger partial charge in [-0.15, -0.1) is 0 Å². The van der Waals surface area contributed by atoms with Crippen LogP contribution in [0.1, 0.15) is 56.8 Å². The van der Waals surface area contributed by atoms with Gasteiger partial charge >= 0.3 is 0 Å². The third-order valence-corrected chi connectivity index (χ3v) is 5.02. The minimum atomic E-state index is -0.338. The summed E-state index contributed by atoms with van der Waals surface area (Å²) >= 11 is 8.69. The number of carbonyl (C=O) groups excluding carboxylic acids is 2. The molecule has 0 fully saturated rings. The number of carbonyl (C=O) groups is 2. The summed E-state index contributed by atoms with van der Waals surface area (Å²) in [6, 6.07) is 12.3.